The second-order valence-corrected chi connectivity index (χ2v) is 11.0. The number of aryl methyl sites for hydroxylation is 1. The molecule has 0 aliphatic carbocycles. The van der Waals surface area contributed by atoms with E-state index in [0.717, 1.165) is 47.7 Å². The third-order valence-electron chi connectivity index (χ3n) is 7.40. The predicted molar refractivity (Wildman–Crippen MR) is 151 cm³/mol. The van der Waals surface area contributed by atoms with Crippen molar-refractivity contribution in [3.63, 3.8) is 0 Å². The summed E-state index contributed by atoms with van der Waals surface area (Å²) in [5.41, 5.74) is 1.10. The number of alkyl halides is 3. The average Bonchev–Trinajstić information content (AvgIpc) is 3.64. The number of hydrogen-bond donors (Lipinski definition) is 1. The Bertz CT molecular complexity index is 1610. The van der Waals surface area contributed by atoms with Gasteiger partial charge in [-0.25, -0.2) is 14.5 Å². The Morgan fingerprint density at radius 3 is 2.57 bits per heavy atom. The molecule has 1 aromatic carbocycles. The second kappa shape index (κ2) is 12.0. The maximum absolute atomic E-state index is 13.7. The molecular weight excluding hydrogens is 569 g/mol. The number of nitrogens with zero attached hydrogens (tertiary/aromatic N) is 4. The Balaban J connectivity index is 1.31. The molecule has 1 amide bonds. The number of benzene rings is 1. The van der Waals surface area contributed by atoms with E-state index in [-0.39, 0.29) is 18.3 Å². The first-order valence-electron chi connectivity index (χ1n) is 13.5. The van der Waals surface area contributed by atoms with Gasteiger partial charge in [-0.05, 0) is 66.5 Å². The minimum atomic E-state index is -4.94. The van der Waals surface area contributed by atoms with Gasteiger partial charge in [0.05, 0.1) is 16.8 Å². The summed E-state index contributed by atoms with van der Waals surface area (Å²) in [7, 11) is 0. The molecule has 1 fully saturated rings. The van der Waals surface area contributed by atoms with Gasteiger partial charge in [0.25, 0.3) is 0 Å². The molecule has 220 valence electrons. The SMILES string of the molecule is CCC(=O)N1CCC(c2ccc(OCc3ccsc3-c3cccc(-n4ncc(C(=O)O)c4C(F)(F)F)n3)c(C)c2)CC1. The van der Waals surface area contributed by atoms with E-state index in [1.54, 1.807) is 12.1 Å². The number of carboxylic acids is 1. The van der Waals surface area contributed by atoms with Gasteiger partial charge in [-0.1, -0.05) is 25.1 Å². The van der Waals surface area contributed by atoms with Crippen LogP contribution in [-0.2, 0) is 17.6 Å². The highest BCUT2D eigenvalue weighted by Gasteiger charge is 2.41. The summed E-state index contributed by atoms with van der Waals surface area (Å²) in [4.78, 5) is 30.4. The molecule has 42 heavy (non-hydrogen) atoms. The molecule has 1 saturated heterocycles. The van der Waals surface area contributed by atoms with Crippen LogP contribution >= 0.6 is 11.3 Å². The molecule has 0 radical (unpaired) electrons. The lowest BCUT2D eigenvalue weighted by Crippen LogP contribution is -2.37. The minimum Gasteiger partial charge on any atom is -0.489 e. The van der Waals surface area contributed by atoms with Crippen LogP contribution in [0, 0.1) is 6.92 Å². The number of ether oxygens (including phenoxy) is 1. The van der Waals surface area contributed by atoms with Crippen molar-refractivity contribution in [3.8, 4) is 22.1 Å². The lowest BCUT2D eigenvalue weighted by Gasteiger charge is -2.32. The van der Waals surface area contributed by atoms with E-state index in [1.165, 1.54) is 23.0 Å². The maximum Gasteiger partial charge on any atom is 0.434 e. The van der Waals surface area contributed by atoms with Crippen molar-refractivity contribution >= 4 is 23.2 Å². The van der Waals surface area contributed by atoms with Gasteiger partial charge in [0.2, 0.25) is 5.91 Å². The van der Waals surface area contributed by atoms with Crippen molar-refractivity contribution in [2.45, 2.75) is 51.8 Å². The molecule has 1 aliphatic rings. The van der Waals surface area contributed by atoms with Gasteiger partial charge in [-0.2, -0.15) is 18.3 Å². The molecule has 0 atom stereocenters. The summed E-state index contributed by atoms with van der Waals surface area (Å²) in [6.45, 7) is 5.63. The molecule has 5 rings (SSSR count). The highest BCUT2D eigenvalue weighted by molar-refractivity contribution is 7.13. The quantitative estimate of drug-likeness (QED) is 0.242. The van der Waals surface area contributed by atoms with Gasteiger partial charge in [0.15, 0.2) is 11.5 Å². The fourth-order valence-electron chi connectivity index (χ4n) is 5.22. The first-order chi connectivity index (χ1) is 20.1. The van der Waals surface area contributed by atoms with Crippen LogP contribution in [0.3, 0.4) is 0 Å². The number of pyridine rings is 1. The Morgan fingerprint density at radius 2 is 1.90 bits per heavy atom. The van der Waals surface area contributed by atoms with Crippen molar-refractivity contribution in [2.24, 2.45) is 0 Å². The van der Waals surface area contributed by atoms with Crippen molar-refractivity contribution in [2.75, 3.05) is 13.1 Å². The standard InChI is InChI=1S/C30H29F3N4O4S/c1-3-26(38)36-12-9-19(10-13-36)20-7-8-24(18(2)15-20)41-17-21-11-14-42-27(21)23-5-4-6-25(35-23)37-28(30(31,32)33)22(16-34-37)29(39)40/h4-8,11,14-16,19H,3,9-10,12-13,17H2,1-2H3,(H,39,40). The summed E-state index contributed by atoms with van der Waals surface area (Å²) >= 11 is 1.37. The maximum atomic E-state index is 13.7. The number of likely N-dealkylation sites (tertiary alicyclic amines) is 1. The van der Waals surface area contributed by atoms with Gasteiger partial charge in [0, 0.05) is 25.1 Å². The molecule has 4 heterocycles. The van der Waals surface area contributed by atoms with Gasteiger partial charge in [0.1, 0.15) is 17.9 Å². The molecule has 0 bridgehead atoms. The van der Waals surface area contributed by atoms with Gasteiger partial charge < -0.3 is 14.7 Å². The molecule has 4 aromatic rings. The summed E-state index contributed by atoms with van der Waals surface area (Å²) in [5, 5.41) is 14.7. The monoisotopic (exact) mass is 598 g/mol. The number of amides is 1. The van der Waals surface area contributed by atoms with E-state index < -0.39 is 23.4 Å². The van der Waals surface area contributed by atoms with Crippen LogP contribution in [0.25, 0.3) is 16.4 Å². The fraction of sp³-hybridized carbons (Fsp3) is 0.333. The predicted octanol–water partition coefficient (Wildman–Crippen LogP) is 6.72. The Kier molecular flexibility index (Phi) is 8.35. The summed E-state index contributed by atoms with van der Waals surface area (Å²) < 4.78 is 47.8. The number of rotatable bonds is 8. The van der Waals surface area contributed by atoms with E-state index in [4.69, 9.17) is 4.74 Å². The first kappa shape index (κ1) is 29.3. The smallest absolute Gasteiger partial charge is 0.434 e. The molecule has 1 aliphatic heterocycles. The number of halogens is 3. The Hall–Kier alpha value is -4.19. The normalized spacial score (nSPS) is 14.3. The second-order valence-electron chi connectivity index (χ2n) is 10.1. The van der Waals surface area contributed by atoms with Crippen LogP contribution in [0.1, 0.15) is 64.8 Å². The number of carbonyl (C=O) groups excluding carboxylic acids is 1. The summed E-state index contributed by atoms with van der Waals surface area (Å²) in [6.07, 6.45) is -1.89. The molecule has 1 N–H and O–H groups in total. The van der Waals surface area contributed by atoms with Gasteiger partial charge >= 0.3 is 12.1 Å². The third kappa shape index (κ3) is 6.03. The zero-order valence-electron chi connectivity index (χ0n) is 23.0. The van der Waals surface area contributed by atoms with Crippen LogP contribution < -0.4 is 4.74 Å². The van der Waals surface area contributed by atoms with E-state index in [0.29, 0.717) is 28.9 Å². The number of carboxylic acid groups (broad SMARTS) is 1. The van der Waals surface area contributed by atoms with Gasteiger partial charge in [-0.3, -0.25) is 4.79 Å². The van der Waals surface area contributed by atoms with Crippen LogP contribution in [0.4, 0.5) is 13.2 Å². The largest absolute Gasteiger partial charge is 0.489 e. The number of carbonyl (C=O) groups is 2. The first-order valence-corrected chi connectivity index (χ1v) is 14.4. The van der Waals surface area contributed by atoms with Crippen molar-refractivity contribution in [1.29, 1.82) is 0 Å². The molecule has 3 aromatic heterocycles. The molecule has 0 saturated carbocycles. The van der Waals surface area contributed by atoms with Crippen LogP contribution in [0.2, 0.25) is 0 Å². The van der Waals surface area contributed by atoms with E-state index in [2.05, 4.69) is 22.2 Å². The van der Waals surface area contributed by atoms with E-state index >= 15 is 0 Å². The zero-order valence-corrected chi connectivity index (χ0v) is 23.8. The summed E-state index contributed by atoms with van der Waals surface area (Å²) in [6, 6.07) is 12.6. The van der Waals surface area contributed by atoms with Crippen LogP contribution in [0.5, 0.6) is 5.75 Å². The van der Waals surface area contributed by atoms with E-state index in [9.17, 15) is 27.9 Å². The average molecular weight is 599 g/mol. The number of piperidine rings is 1. The highest BCUT2D eigenvalue weighted by Crippen LogP contribution is 2.36. The lowest BCUT2D eigenvalue weighted by atomic mass is 9.88. The van der Waals surface area contributed by atoms with Gasteiger partial charge in [-0.15, -0.1) is 11.3 Å². The number of aromatic nitrogens is 3. The number of hydrogen-bond acceptors (Lipinski definition) is 6. The molecule has 0 spiro atoms. The van der Waals surface area contributed by atoms with Crippen molar-refractivity contribution < 1.29 is 32.6 Å². The molecule has 0 unspecified atom stereocenters. The zero-order chi connectivity index (χ0) is 30.0. The third-order valence-corrected chi connectivity index (χ3v) is 8.38. The van der Waals surface area contributed by atoms with Crippen molar-refractivity contribution in [1.82, 2.24) is 19.7 Å². The topological polar surface area (TPSA) is 97.6 Å². The number of thiophene rings is 1. The summed E-state index contributed by atoms with van der Waals surface area (Å²) in [5.74, 6) is -0.560. The highest BCUT2D eigenvalue weighted by atomic mass is 32.1. The minimum absolute atomic E-state index is 0.149. The fourth-order valence-corrected chi connectivity index (χ4v) is 6.10. The van der Waals surface area contributed by atoms with Crippen molar-refractivity contribution in [3.05, 3.63) is 82.0 Å². The number of aromatic carboxylic acids is 1. The Labute approximate surface area is 244 Å². The Morgan fingerprint density at radius 1 is 1.14 bits per heavy atom. The lowest BCUT2D eigenvalue weighted by molar-refractivity contribution is -0.143. The molecule has 12 heteroatoms. The van der Waals surface area contributed by atoms with Crippen LogP contribution in [-0.4, -0.2) is 49.7 Å². The van der Waals surface area contributed by atoms with Crippen LogP contribution in [0.15, 0.2) is 54.0 Å². The molecular formula is C30H29F3N4O4S. The molecule has 8 nitrogen and oxygen atoms in total. The van der Waals surface area contributed by atoms with E-state index in [1.807, 2.05) is 36.3 Å².